The zero-order valence-electron chi connectivity index (χ0n) is 30.8. The van der Waals surface area contributed by atoms with E-state index in [1.54, 1.807) is 36.4 Å². The minimum absolute atomic E-state index is 0.0114. The van der Waals surface area contributed by atoms with Crippen molar-refractivity contribution in [3.8, 4) is 23.0 Å². The van der Waals surface area contributed by atoms with Gasteiger partial charge in [0.25, 0.3) is 11.8 Å². The molecule has 6 aromatic rings. The van der Waals surface area contributed by atoms with E-state index in [1.165, 1.54) is 0 Å². The average molecular weight is 750 g/mol. The number of nitrogens with one attached hydrogen (secondary N) is 2. The van der Waals surface area contributed by atoms with Crippen molar-refractivity contribution in [2.75, 3.05) is 6.54 Å². The van der Waals surface area contributed by atoms with Gasteiger partial charge in [-0.25, -0.2) is 0 Å². The van der Waals surface area contributed by atoms with Gasteiger partial charge in [-0.05, 0) is 52.9 Å². The highest BCUT2D eigenvalue weighted by Crippen LogP contribution is 2.34. The summed E-state index contributed by atoms with van der Waals surface area (Å²) in [5.74, 6) is -0.541. The SMILES string of the molecule is NC(=O)[C@@H](CCNC(=O)c1cccc(OCc2ccccc2)c1OCc1ccccc1)NC(=O)c1cccc(OCc2ccccc2)c1OCc1ccccc1. The fraction of sp³-hybridized carbons (Fsp3) is 0.152. The molecule has 0 radical (unpaired) electrons. The fourth-order valence-corrected chi connectivity index (χ4v) is 5.79. The Morgan fingerprint density at radius 2 is 0.839 bits per heavy atom. The van der Waals surface area contributed by atoms with Crippen LogP contribution in [-0.4, -0.2) is 30.3 Å². The van der Waals surface area contributed by atoms with Crippen LogP contribution in [0.5, 0.6) is 23.0 Å². The molecule has 1 atom stereocenters. The number of amides is 3. The van der Waals surface area contributed by atoms with Crippen molar-refractivity contribution in [2.45, 2.75) is 38.9 Å². The minimum atomic E-state index is -1.12. The molecule has 0 aliphatic heterocycles. The third-order valence-corrected chi connectivity index (χ3v) is 8.74. The number of hydrogen-bond donors (Lipinski definition) is 3. The van der Waals surface area contributed by atoms with E-state index in [-0.39, 0.29) is 62.0 Å². The lowest BCUT2D eigenvalue weighted by Crippen LogP contribution is -2.46. The van der Waals surface area contributed by atoms with Crippen LogP contribution in [0.15, 0.2) is 158 Å². The molecule has 0 saturated carbocycles. The van der Waals surface area contributed by atoms with E-state index in [0.29, 0.717) is 11.5 Å². The largest absolute Gasteiger partial charge is 0.485 e. The van der Waals surface area contributed by atoms with Crippen molar-refractivity contribution in [3.05, 3.63) is 191 Å². The maximum absolute atomic E-state index is 13.8. The van der Waals surface area contributed by atoms with Crippen LogP contribution < -0.4 is 35.3 Å². The standard InChI is InChI=1S/C46H43N3O7/c47-44(50)39(49-46(52)38-24-14-26-41(54-30-34-17-7-2-8-18-34)43(38)56-32-36-21-11-4-12-22-36)27-28-48-45(51)37-23-13-25-40(53-29-33-15-5-1-6-16-33)42(37)55-31-35-19-9-3-10-20-35/h1-26,39H,27-32H2,(H2,47,50)(H,48,51)(H,49,52)/t39-/m1/s1. The van der Waals surface area contributed by atoms with Gasteiger partial charge in [0.2, 0.25) is 5.91 Å². The van der Waals surface area contributed by atoms with Gasteiger partial charge in [0, 0.05) is 6.54 Å². The van der Waals surface area contributed by atoms with Crippen molar-refractivity contribution in [1.82, 2.24) is 10.6 Å². The van der Waals surface area contributed by atoms with Crippen LogP contribution in [0.1, 0.15) is 49.4 Å². The Bertz CT molecular complexity index is 2180. The number of nitrogens with two attached hydrogens (primary N) is 1. The zero-order chi connectivity index (χ0) is 39.0. The maximum atomic E-state index is 13.8. The van der Waals surface area contributed by atoms with Crippen LogP contribution in [0.4, 0.5) is 0 Å². The molecule has 6 rings (SSSR count). The highest BCUT2D eigenvalue weighted by Gasteiger charge is 2.24. The summed E-state index contributed by atoms with van der Waals surface area (Å²) in [6, 6.07) is 47.4. The van der Waals surface area contributed by atoms with Gasteiger partial charge in [-0.2, -0.15) is 0 Å². The lowest BCUT2D eigenvalue weighted by molar-refractivity contribution is -0.120. The zero-order valence-corrected chi connectivity index (χ0v) is 30.8. The summed E-state index contributed by atoms with van der Waals surface area (Å²) in [7, 11) is 0. The predicted octanol–water partition coefficient (Wildman–Crippen LogP) is 7.41. The lowest BCUT2D eigenvalue weighted by atomic mass is 10.1. The number of para-hydroxylation sites is 2. The molecule has 0 unspecified atom stereocenters. The highest BCUT2D eigenvalue weighted by molar-refractivity contribution is 6.00. The number of ether oxygens (including phenoxy) is 4. The summed E-state index contributed by atoms with van der Waals surface area (Å²) in [6.07, 6.45) is 0.0155. The molecule has 10 heteroatoms. The highest BCUT2D eigenvalue weighted by atomic mass is 16.5. The number of hydrogen-bond acceptors (Lipinski definition) is 7. The molecule has 3 amide bonds. The Balaban J connectivity index is 1.14. The third-order valence-electron chi connectivity index (χ3n) is 8.74. The Labute approximate surface area is 326 Å². The summed E-state index contributed by atoms with van der Waals surface area (Å²) in [5.41, 5.74) is 9.88. The summed E-state index contributed by atoms with van der Waals surface area (Å²) in [5, 5.41) is 5.58. The van der Waals surface area contributed by atoms with Crippen molar-refractivity contribution < 1.29 is 33.3 Å². The topological polar surface area (TPSA) is 138 Å². The number of carbonyl (C=O) groups excluding carboxylic acids is 3. The molecule has 4 N–H and O–H groups in total. The summed E-state index contributed by atoms with van der Waals surface area (Å²) < 4.78 is 24.7. The number of carbonyl (C=O) groups is 3. The van der Waals surface area contributed by atoms with E-state index in [9.17, 15) is 14.4 Å². The van der Waals surface area contributed by atoms with Gasteiger partial charge in [0.15, 0.2) is 23.0 Å². The molecule has 0 spiro atoms. The summed E-state index contributed by atoms with van der Waals surface area (Å²) in [4.78, 5) is 40.1. The molecular weight excluding hydrogens is 707 g/mol. The Morgan fingerprint density at radius 1 is 0.464 bits per heavy atom. The quantitative estimate of drug-likeness (QED) is 0.0785. The van der Waals surface area contributed by atoms with Crippen LogP contribution in [0.25, 0.3) is 0 Å². The fourth-order valence-electron chi connectivity index (χ4n) is 5.79. The second-order valence-electron chi connectivity index (χ2n) is 12.8. The first-order valence-electron chi connectivity index (χ1n) is 18.3. The summed E-state index contributed by atoms with van der Waals surface area (Å²) in [6.45, 7) is 0.913. The number of rotatable bonds is 19. The van der Waals surface area contributed by atoms with Gasteiger partial charge >= 0.3 is 0 Å². The molecule has 0 fully saturated rings. The van der Waals surface area contributed by atoms with Crippen LogP contribution >= 0.6 is 0 Å². The van der Waals surface area contributed by atoms with Crippen LogP contribution in [0.2, 0.25) is 0 Å². The summed E-state index contributed by atoms with van der Waals surface area (Å²) >= 11 is 0. The molecule has 0 aliphatic carbocycles. The molecule has 0 bridgehead atoms. The Morgan fingerprint density at radius 3 is 1.23 bits per heavy atom. The van der Waals surface area contributed by atoms with Gasteiger partial charge in [-0.3, -0.25) is 14.4 Å². The molecule has 284 valence electrons. The van der Waals surface area contributed by atoms with Crippen molar-refractivity contribution in [2.24, 2.45) is 5.73 Å². The van der Waals surface area contributed by atoms with Crippen molar-refractivity contribution in [1.29, 1.82) is 0 Å². The number of benzene rings is 6. The molecule has 0 saturated heterocycles. The van der Waals surface area contributed by atoms with E-state index < -0.39 is 23.8 Å². The lowest BCUT2D eigenvalue weighted by Gasteiger charge is -2.20. The molecule has 10 nitrogen and oxygen atoms in total. The van der Waals surface area contributed by atoms with Gasteiger partial charge in [0.1, 0.15) is 32.5 Å². The minimum Gasteiger partial charge on any atom is -0.485 e. The van der Waals surface area contributed by atoms with E-state index in [2.05, 4.69) is 10.6 Å². The molecule has 6 aromatic carbocycles. The first-order valence-corrected chi connectivity index (χ1v) is 18.3. The van der Waals surface area contributed by atoms with Crippen LogP contribution in [0.3, 0.4) is 0 Å². The van der Waals surface area contributed by atoms with E-state index >= 15 is 0 Å². The second kappa shape index (κ2) is 19.8. The van der Waals surface area contributed by atoms with Crippen LogP contribution in [-0.2, 0) is 31.2 Å². The van der Waals surface area contributed by atoms with E-state index in [4.69, 9.17) is 24.7 Å². The Hall–Kier alpha value is -7.07. The van der Waals surface area contributed by atoms with Gasteiger partial charge in [0.05, 0.1) is 11.1 Å². The Kier molecular flexibility index (Phi) is 13.7. The molecule has 56 heavy (non-hydrogen) atoms. The smallest absolute Gasteiger partial charge is 0.255 e. The third kappa shape index (κ3) is 11.0. The second-order valence-corrected chi connectivity index (χ2v) is 12.8. The van der Waals surface area contributed by atoms with E-state index in [1.807, 2.05) is 121 Å². The normalized spacial score (nSPS) is 11.1. The van der Waals surface area contributed by atoms with Crippen molar-refractivity contribution >= 4 is 17.7 Å². The van der Waals surface area contributed by atoms with Gasteiger partial charge < -0.3 is 35.3 Å². The average Bonchev–Trinajstić information content (AvgIpc) is 3.24. The van der Waals surface area contributed by atoms with Gasteiger partial charge in [-0.1, -0.05) is 133 Å². The first kappa shape index (κ1) is 38.6. The first-order chi connectivity index (χ1) is 27.4. The predicted molar refractivity (Wildman–Crippen MR) is 213 cm³/mol. The van der Waals surface area contributed by atoms with E-state index in [0.717, 1.165) is 22.3 Å². The molecule has 0 aromatic heterocycles. The molecule has 0 heterocycles. The van der Waals surface area contributed by atoms with Crippen molar-refractivity contribution in [3.63, 3.8) is 0 Å². The number of primary amides is 1. The van der Waals surface area contributed by atoms with Gasteiger partial charge in [-0.15, -0.1) is 0 Å². The monoisotopic (exact) mass is 749 g/mol. The maximum Gasteiger partial charge on any atom is 0.255 e. The molecular formula is C46H43N3O7. The van der Waals surface area contributed by atoms with Crippen LogP contribution in [0, 0.1) is 0 Å². The molecule has 0 aliphatic rings.